The Morgan fingerprint density at radius 2 is 2.13 bits per heavy atom. The first-order chi connectivity index (χ1) is 7.31. The fraction of sp³-hybridized carbons (Fsp3) is 0.500. The molecule has 1 aromatic heterocycles. The van der Waals surface area contributed by atoms with Gasteiger partial charge in [0.1, 0.15) is 17.6 Å². The molecule has 0 atom stereocenters. The van der Waals surface area contributed by atoms with E-state index >= 15 is 0 Å². The second-order valence-corrected chi connectivity index (χ2v) is 4.70. The molecule has 2 heterocycles. The van der Waals surface area contributed by atoms with E-state index in [-0.39, 0.29) is 0 Å². The maximum atomic E-state index is 8.76. The molecule has 0 amide bonds. The number of anilines is 1. The Kier molecular flexibility index (Phi) is 1.72. The maximum Gasteiger partial charge on any atom is 0.142 e. The van der Waals surface area contributed by atoms with Crippen LogP contribution in [0.4, 0.5) is 5.82 Å². The fourth-order valence-electron chi connectivity index (χ4n) is 2.58. The van der Waals surface area contributed by atoms with Crippen molar-refractivity contribution in [3.8, 4) is 6.07 Å². The summed E-state index contributed by atoms with van der Waals surface area (Å²) in [5, 5.41) is 8.76. The quantitative estimate of drug-likeness (QED) is 0.694. The smallest absolute Gasteiger partial charge is 0.142 e. The van der Waals surface area contributed by atoms with E-state index in [0.29, 0.717) is 11.1 Å². The second-order valence-electron chi connectivity index (χ2n) is 4.70. The van der Waals surface area contributed by atoms with Gasteiger partial charge in [-0.2, -0.15) is 5.26 Å². The third-order valence-corrected chi connectivity index (χ3v) is 3.64. The summed E-state index contributed by atoms with van der Waals surface area (Å²) in [5.41, 5.74) is 1.13. The molecular formula is C12H13N3. The second kappa shape index (κ2) is 2.96. The predicted molar refractivity (Wildman–Crippen MR) is 57.4 cm³/mol. The van der Waals surface area contributed by atoms with Gasteiger partial charge in [0.15, 0.2) is 0 Å². The molecule has 1 saturated carbocycles. The monoisotopic (exact) mass is 199 g/mol. The minimum atomic E-state index is 0.516. The van der Waals surface area contributed by atoms with Gasteiger partial charge in [-0.1, -0.05) is 12.5 Å². The van der Waals surface area contributed by atoms with Crippen LogP contribution in [0.25, 0.3) is 0 Å². The van der Waals surface area contributed by atoms with Gasteiger partial charge in [-0.05, 0) is 25.0 Å². The van der Waals surface area contributed by atoms with E-state index in [2.05, 4.69) is 16.0 Å². The number of hydrogen-bond donors (Lipinski definition) is 0. The summed E-state index contributed by atoms with van der Waals surface area (Å²) in [7, 11) is 0. The minimum Gasteiger partial charge on any atom is -0.355 e. The first-order valence-electron chi connectivity index (χ1n) is 5.44. The van der Waals surface area contributed by atoms with Crippen molar-refractivity contribution >= 4 is 5.82 Å². The van der Waals surface area contributed by atoms with E-state index in [1.807, 2.05) is 12.1 Å². The van der Waals surface area contributed by atoms with Crippen LogP contribution in [0.1, 0.15) is 25.0 Å². The highest BCUT2D eigenvalue weighted by molar-refractivity contribution is 5.45. The zero-order valence-electron chi connectivity index (χ0n) is 8.61. The molecule has 3 heteroatoms. The number of pyridine rings is 1. The minimum absolute atomic E-state index is 0.516. The molecule has 2 fully saturated rings. The average Bonchev–Trinajstić information content (AvgIpc) is 2.14. The van der Waals surface area contributed by atoms with Gasteiger partial charge in [0.05, 0.1) is 0 Å². The summed E-state index contributed by atoms with van der Waals surface area (Å²) in [6, 6.07) is 7.74. The summed E-state index contributed by atoms with van der Waals surface area (Å²) in [4.78, 5) is 6.58. The largest absolute Gasteiger partial charge is 0.355 e. The molecule has 1 aliphatic carbocycles. The van der Waals surface area contributed by atoms with Crippen molar-refractivity contribution in [3.05, 3.63) is 23.9 Å². The maximum absolute atomic E-state index is 8.76. The normalized spacial score (nSPS) is 21.7. The standard InChI is InChI=1S/C12H13N3/c13-7-10-3-1-4-11(14-10)15-8-12(9-15)5-2-6-12/h1,3-4H,2,5-6,8-9H2. The molecule has 1 aromatic rings. The summed E-state index contributed by atoms with van der Waals surface area (Å²) in [6.45, 7) is 2.27. The van der Waals surface area contributed by atoms with Crippen LogP contribution in [0.2, 0.25) is 0 Å². The van der Waals surface area contributed by atoms with Crippen molar-refractivity contribution in [3.63, 3.8) is 0 Å². The van der Waals surface area contributed by atoms with Crippen LogP contribution in [0.15, 0.2) is 18.2 Å². The molecule has 0 radical (unpaired) electrons. The topological polar surface area (TPSA) is 39.9 Å². The van der Waals surface area contributed by atoms with Crippen molar-refractivity contribution in [2.24, 2.45) is 5.41 Å². The van der Waals surface area contributed by atoms with Crippen LogP contribution in [-0.2, 0) is 0 Å². The fourth-order valence-corrected chi connectivity index (χ4v) is 2.58. The first-order valence-corrected chi connectivity index (χ1v) is 5.44. The lowest BCUT2D eigenvalue weighted by molar-refractivity contribution is 0.0896. The van der Waals surface area contributed by atoms with Gasteiger partial charge in [-0.25, -0.2) is 4.98 Å². The Balaban J connectivity index is 1.75. The number of aromatic nitrogens is 1. The number of nitrogens with zero attached hydrogens (tertiary/aromatic N) is 3. The number of rotatable bonds is 1. The Morgan fingerprint density at radius 1 is 1.33 bits per heavy atom. The van der Waals surface area contributed by atoms with E-state index in [9.17, 15) is 0 Å². The highest BCUT2D eigenvalue weighted by Crippen LogP contribution is 2.48. The third kappa shape index (κ3) is 1.29. The van der Waals surface area contributed by atoms with Crippen LogP contribution >= 0.6 is 0 Å². The molecule has 2 aliphatic rings. The Hall–Kier alpha value is -1.56. The van der Waals surface area contributed by atoms with Gasteiger partial charge in [0, 0.05) is 18.5 Å². The van der Waals surface area contributed by atoms with Gasteiger partial charge in [-0.15, -0.1) is 0 Å². The molecule has 3 rings (SSSR count). The Morgan fingerprint density at radius 3 is 2.73 bits per heavy atom. The highest BCUT2D eigenvalue weighted by atomic mass is 15.3. The van der Waals surface area contributed by atoms with E-state index in [4.69, 9.17) is 5.26 Å². The molecule has 1 saturated heterocycles. The lowest BCUT2D eigenvalue weighted by Crippen LogP contribution is -2.60. The van der Waals surface area contributed by atoms with E-state index < -0.39 is 0 Å². The number of nitriles is 1. The van der Waals surface area contributed by atoms with Crippen molar-refractivity contribution in [2.75, 3.05) is 18.0 Å². The van der Waals surface area contributed by atoms with Crippen LogP contribution in [0.5, 0.6) is 0 Å². The van der Waals surface area contributed by atoms with Crippen molar-refractivity contribution in [1.82, 2.24) is 4.98 Å². The molecule has 0 N–H and O–H groups in total. The highest BCUT2D eigenvalue weighted by Gasteiger charge is 2.47. The van der Waals surface area contributed by atoms with E-state index in [0.717, 1.165) is 18.9 Å². The summed E-state index contributed by atoms with van der Waals surface area (Å²) in [6.07, 6.45) is 4.14. The molecule has 15 heavy (non-hydrogen) atoms. The Bertz CT molecular complexity index is 421. The summed E-state index contributed by atoms with van der Waals surface area (Å²) < 4.78 is 0. The van der Waals surface area contributed by atoms with Crippen LogP contribution in [0, 0.1) is 16.7 Å². The van der Waals surface area contributed by atoms with Gasteiger partial charge in [-0.3, -0.25) is 0 Å². The van der Waals surface area contributed by atoms with E-state index in [1.54, 1.807) is 6.07 Å². The Labute approximate surface area is 89.3 Å². The van der Waals surface area contributed by atoms with Gasteiger partial charge in [0.25, 0.3) is 0 Å². The molecule has 0 aromatic carbocycles. The van der Waals surface area contributed by atoms with E-state index in [1.165, 1.54) is 19.3 Å². The molecule has 0 bridgehead atoms. The van der Waals surface area contributed by atoms with Crippen molar-refractivity contribution in [2.45, 2.75) is 19.3 Å². The van der Waals surface area contributed by atoms with Crippen LogP contribution < -0.4 is 4.90 Å². The van der Waals surface area contributed by atoms with Crippen LogP contribution in [0.3, 0.4) is 0 Å². The van der Waals surface area contributed by atoms with Gasteiger partial charge < -0.3 is 4.90 Å². The predicted octanol–water partition coefficient (Wildman–Crippen LogP) is 1.94. The summed E-state index contributed by atoms with van der Waals surface area (Å²) >= 11 is 0. The van der Waals surface area contributed by atoms with Crippen molar-refractivity contribution < 1.29 is 0 Å². The van der Waals surface area contributed by atoms with Gasteiger partial charge in [0.2, 0.25) is 0 Å². The SMILES string of the molecule is N#Cc1cccc(N2CC3(CCC3)C2)n1. The first kappa shape index (κ1) is 8.72. The molecule has 3 nitrogen and oxygen atoms in total. The van der Waals surface area contributed by atoms with Gasteiger partial charge >= 0.3 is 0 Å². The summed E-state index contributed by atoms with van der Waals surface area (Å²) in [5.74, 6) is 0.964. The number of hydrogen-bond acceptors (Lipinski definition) is 3. The molecule has 0 unspecified atom stereocenters. The molecular weight excluding hydrogens is 186 g/mol. The third-order valence-electron chi connectivity index (χ3n) is 3.64. The lowest BCUT2D eigenvalue weighted by Gasteiger charge is -2.56. The lowest BCUT2D eigenvalue weighted by atomic mass is 9.63. The van der Waals surface area contributed by atoms with Crippen molar-refractivity contribution in [1.29, 1.82) is 5.26 Å². The van der Waals surface area contributed by atoms with Crippen LogP contribution in [-0.4, -0.2) is 18.1 Å². The molecule has 76 valence electrons. The average molecular weight is 199 g/mol. The zero-order valence-corrected chi connectivity index (χ0v) is 8.61. The zero-order chi connectivity index (χ0) is 10.3. The molecule has 1 aliphatic heterocycles. The molecule has 1 spiro atoms.